The topological polar surface area (TPSA) is 108 Å². The molecule has 1 aromatic heterocycles. The molecule has 1 aliphatic heterocycles. The Morgan fingerprint density at radius 1 is 1.31 bits per heavy atom. The third-order valence-electron chi connectivity index (χ3n) is 5.37. The number of hydrogen-bond acceptors (Lipinski definition) is 6. The van der Waals surface area contributed by atoms with Crippen molar-refractivity contribution >= 4 is 38.2 Å². The summed E-state index contributed by atoms with van der Waals surface area (Å²) in [6, 6.07) is 8.83. The lowest BCUT2D eigenvalue weighted by Crippen LogP contribution is -2.45. The smallest absolute Gasteiger partial charge is 0.245 e. The Kier molecular flexibility index (Phi) is 5.38. The number of aryl methyl sites for hydroxylation is 1. The highest BCUT2D eigenvalue weighted by atomic mass is 32.2. The van der Waals surface area contributed by atoms with E-state index in [9.17, 15) is 13.2 Å². The predicted molar refractivity (Wildman–Crippen MR) is 124 cm³/mol. The van der Waals surface area contributed by atoms with Gasteiger partial charge in [0, 0.05) is 31.2 Å². The van der Waals surface area contributed by atoms with Crippen LogP contribution in [0.3, 0.4) is 0 Å². The number of likely N-dealkylation sites (N-methyl/N-ethyl adjacent to an activating group) is 2. The summed E-state index contributed by atoms with van der Waals surface area (Å²) in [6.07, 6.45) is 1.57. The van der Waals surface area contributed by atoms with E-state index in [4.69, 9.17) is 4.74 Å². The molecule has 0 fully saturated rings. The summed E-state index contributed by atoms with van der Waals surface area (Å²) >= 11 is 0. The molecule has 0 aliphatic carbocycles. The first-order valence-corrected chi connectivity index (χ1v) is 11.6. The van der Waals surface area contributed by atoms with Crippen LogP contribution in [0, 0.1) is 6.92 Å². The Morgan fingerprint density at radius 2 is 2.06 bits per heavy atom. The van der Waals surface area contributed by atoms with Gasteiger partial charge in [0.25, 0.3) is 0 Å². The van der Waals surface area contributed by atoms with Gasteiger partial charge >= 0.3 is 0 Å². The van der Waals surface area contributed by atoms with Gasteiger partial charge in [0.1, 0.15) is 16.2 Å². The summed E-state index contributed by atoms with van der Waals surface area (Å²) in [5, 5.41) is 10.1. The Labute approximate surface area is 187 Å². The summed E-state index contributed by atoms with van der Waals surface area (Å²) in [6.45, 7) is 6.22. The summed E-state index contributed by atoms with van der Waals surface area (Å²) < 4.78 is 33.4. The lowest BCUT2D eigenvalue weighted by molar-refractivity contribution is -0.116. The standard InChI is InChI=1S/C22H27N5O4S/c1-14-8-15-11-23-25-21(15)19(9-14)32(29,30)27(5)12-20(28)24-16-6-7-17-18(10-16)31-22(2,3)13-26(17)4/h6-11H,12-13H2,1-5H3,(H,23,25)(H,24,28). The van der Waals surface area contributed by atoms with Crippen LogP contribution in [-0.2, 0) is 14.8 Å². The van der Waals surface area contributed by atoms with Crippen molar-refractivity contribution in [3.63, 3.8) is 0 Å². The number of H-pyrrole nitrogens is 1. The fourth-order valence-corrected chi connectivity index (χ4v) is 5.38. The van der Waals surface area contributed by atoms with Crippen molar-refractivity contribution in [2.45, 2.75) is 31.3 Å². The maximum absolute atomic E-state index is 13.2. The van der Waals surface area contributed by atoms with Gasteiger partial charge < -0.3 is 15.0 Å². The van der Waals surface area contributed by atoms with E-state index in [0.717, 1.165) is 22.1 Å². The highest BCUT2D eigenvalue weighted by Crippen LogP contribution is 2.38. The first kappa shape index (κ1) is 22.1. The van der Waals surface area contributed by atoms with Crippen LogP contribution >= 0.6 is 0 Å². The number of benzene rings is 2. The first-order valence-electron chi connectivity index (χ1n) is 10.2. The number of carbonyl (C=O) groups excluding carboxylic acids is 1. The summed E-state index contributed by atoms with van der Waals surface area (Å²) in [7, 11) is -0.541. The van der Waals surface area contributed by atoms with Crippen molar-refractivity contribution < 1.29 is 17.9 Å². The lowest BCUT2D eigenvalue weighted by atomic mass is 10.1. The fourth-order valence-electron chi connectivity index (χ4n) is 4.00. The lowest BCUT2D eigenvalue weighted by Gasteiger charge is -2.39. The number of fused-ring (bicyclic) bond motifs is 2. The molecule has 2 N–H and O–H groups in total. The molecule has 0 atom stereocenters. The van der Waals surface area contributed by atoms with Gasteiger partial charge in [-0.05, 0) is 50.6 Å². The van der Waals surface area contributed by atoms with E-state index in [1.807, 2.05) is 40.0 Å². The predicted octanol–water partition coefficient (Wildman–Crippen LogP) is 2.74. The molecule has 3 aromatic rings. The molecule has 0 unspecified atom stereocenters. The van der Waals surface area contributed by atoms with Gasteiger partial charge in [-0.3, -0.25) is 9.89 Å². The molecule has 2 heterocycles. The van der Waals surface area contributed by atoms with E-state index in [1.165, 1.54) is 7.05 Å². The molecule has 32 heavy (non-hydrogen) atoms. The molecule has 0 saturated heterocycles. The van der Waals surface area contributed by atoms with Gasteiger partial charge in [0.05, 0.1) is 30.5 Å². The third kappa shape index (κ3) is 4.15. The zero-order valence-electron chi connectivity index (χ0n) is 18.8. The monoisotopic (exact) mass is 457 g/mol. The molecular formula is C22H27N5O4S. The SMILES string of the molecule is Cc1cc(S(=O)(=O)N(C)CC(=O)Nc2ccc3c(c2)OC(C)(C)CN3C)c2[nH]ncc2c1. The molecule has 10 heteroatoms. The number of aromatic nitrogens is 2. The van der Waals surface area contributed by atoms with Gasteiger partial charge in [0.2, 0.25) is 15.9 Å². The van der Waals surface area contributed by atoms with Crippen molar-refractivity contribution in [1.82, 2.24) is 14.5 Å². The van der Waals surface area contributed by atoms with Crippen molar-refractivity contribution in [3.8, 4) is 5.75 Å². The number of amides is 1. The Bertz CT molecular complexity index is 1300. The van der Waals surface area contributed by atoms with Crippen molar-refractivity contribution in [3.05, 3.63) is 42.1 Å². The van der Waals surface area contributed by atoms with E-state index >= 15 is 0 Å². The third-order valence-corrected chi connectivity index (χ3v) is 7.20. The Morgan fingerprint density at radius 3 is 2.81 bits per heavy atom. The number of anilines is 2. The second-order valence-corrected chi connectivity index (χ2v) is 10.8. The molecule has 9 nitrogen and oxygen atoms in total. The number of nitrogens with zero attached hydrogens (tertiary/aromatic N) is 3. The number of aromatic amines is 1. The Balaban J connectivity index is 1.51. The van der Waals surface area contributed by atoms with Crippen LogP contribution in [0.15, 0.2) is 41.4 Å². The average molecular weight is 458 g/mol. The molecule has 0 saturated carbocycles. The molecule has 1 amide bonds. The van der Waals surface area contributed by atoms with E-state index in [-0.39, 0.29) is 17.0 Å². The van der Waals surface area contributed by atoms with Crippen molar-refractivity contribution in [2.24, 2.45) is 0 Å². The second kappa shape index (κ2) is 7.79. The van der Waals surface area contributed by atoms with E-state index < -0.39 is 15.9 Å². The molecule has 0 radical (unpaired) electrons. The molecule has 4 rings (SSSR count). The molecule has 0 bridgehead atoms. The molecule has 2 aromatic carbocycles. The van der Waals surface area contributed by atoms with E-state index in [0.29, 0.717) is 22.3 Å². The van der Waals surface area contributed by atoms with Gasteiger partial charge in [-0.1, -0.05) is 0 Å². The maximum Gasteiger partial charge on any atom is 0.245 e. The number of nitrogens with one attached hydrogen (secondary N) is 2. The number of carbonyl (C=O) groups is 1. The normalized spacial score (nSPS) is 15.5. The van der Waals surface area contributed by atoms with Crippen LogP contribution in [0.4, 0.5) is 11.4 Å². The van der Waals surface area contributed by atoms with Crippen LogP contribution in [-0.4, -0.2) is 61.6 Å². The van der Waals surface area contributed by atoms with E-state index in [1.54, 1.807) is 24.4 Å². The van der Waals surface area contributed by atoms with Crippen molar-refractivity contribution in [1.29, 1.82) is 0 Å². The van der Waals surface area contributed by atoms with Gasteiger partial charge in [-0.25, -0.2) is 8.42 Å². The van der Waals surface area contributed by atoms with Crippen LogP contribution in [0.25, 0.3) is 10.9 Å². The summed E-state index contributed by atoms with van der Waals surface area (Å²) in [5.74, 6) is 0.219. The Hall–Kier alpha value is -3.11. The van der Waals surface area contributed by atoms with Crippen LogP contribution < -0.4 is 15.0 Å². The van der Waals surface area contributed by atoms with Gasteiger partial charge in [0.15, 0.2) is 0 Å². The molecule has 170 valence electrons. The van der Waals surface area contributed by atoms with Crippen molar-refractivity contribution in [2.75, 3.05) is 37.4 Å². The minimum atomic E-state index is -3.91. The van der Waals surface area contributed by atoms with Crippen LogP contribution in [0.1, 0.15) is 19.4 Å². The fraction of sp³-hybridized carbons (Fsp3) is 0.364. The number of ether oxygens (including phenoxy) is 1. The minimum Gasteiger partial charge on any atom is -0.484 e. The van der Waals surface area contributed by atoms with E-state index in [2.05, 4.69) is 20.4 Å². The molecule has 1 aliphatic rings. The average Bonchev–Trinajstić information content (AvgIpc) is 3.14. The highest BCUT2D eigenvalue weighted by molar-refractivity contribution is 7.89. The summed E-state index contributed by atoms with van der Waals surface area (Å²) in [4.78, 5) is 14.8. The maximum atomic E-state index is 13.2. The first-order chi connectivity index (χ1) is 15.0. The van der Waals surface area contributed by atoms with Gasteiger partial charge in [-0.2, -0.15) is 9.40 Å². The zero-order chi connectivity index (χ0) is 23.3. The number of sulfonamides is 1. The highest BCUT2D eigenvalue weighted by Gasteiger charge is 2.30. The van der Waals surface area contributed by atoms with Gasteiger partial charge in [-0.15, -0.1) is 0 Å². The second-order valence-electron chi connectivity index (χ2n) is 8.81. The summed E-state index contributed by atoms with van der Waals surface area (Å²) in [5.41, 5.74) is 2.32. The van der Waals surface area contributed by atoms with Crippen LogP contribution in [0.2, 0.25) is 0 Å². The number of rotatable bonds is 5. The largest absolute Gasteiger partial charge is 0.484 e. The minimum absolute atomic E-state index is 0.0905. The molecule has 0 spiro atoms. The zero-order valence-corrected chi connectivity index (χ0v) is 19.6. The molecular weight excluding hydrogens is 430 g/mol. The quantitative estimate of drug-likeness (QED) is 0.610. The number of hydrogen-bond donors (Lipinski definition) is 2. The van der Waals surface area contributed by atoms with Crippen LogP contribution in [0.5, 0.6) is 5.75 Å².